The van der Waals surface area contributed by atoms with Gasteiger partial charge in [-0.3, -0.25) is 10.4 Å². The molecule has 1 aliphatic rings. The Bertz CT molecular complexity index is 360. The third-order valence-corrected chi connectivity index (χ3v) is 3.09. The lowest BCUT2D eigenvalue weighted by Gasteiger charge is -2.28. The van der Waals surface area contributed by atoms with Crippen LogP contribution in [0.15, 0.2) is 18.2 Å². The largest absolute Gasteiger partial charge is 0.374 e. The second-order valence-corrected chi connectivity index (χ2v) is 4.72. The van der Waals surface area contributed by atoms with Gasteiger partial charge in [-0.05, 0) is 30.0 Å². The number of anilines is 1. The first kappa shape index (κ1) is 11.4. The van der Waals surface area contributed by atoms with Gasteiger partial charge in [-0.25, -0.2) is 0 Å². The Kier molecular flexibility index (Phi) is 3.46. The average molecular weight is 219 g/mol. The van der Waals surface area contributed by atoms with E-state index in [0.717, 1.165) is 6.54 Å². The predicted molar refractivity (Wildman–Crippen MR) is 68.6 cm³/mol. The molecule has 0 spiro atoms. The second kappa shape index (κ2) is 4.85. The number of aryl methyl sites for hydroxylation is 1. The quantitative estimate of drug-likeness (QED) is 0.780. The van der Waals surface area contributed by atoms with Gasteiger partial charge in [0.25, 0.3) is 0 Å². The van der Waals surface area contributed by atoms with Crippen LogP contribution in [0.1, 0.15) is 17.5 Å². The van der Waals surface area contributed by atoms with E-state index in [-0.39, 0.29) is 0 Å². The summed E-state index contributed by atoms with van der Waals surface area (Å²) in [6, 6.07) is 6.81. The van der Waals surface area contributed by atoms with Gasteiger partial charge in [0, 0.05) is 39.9 Å². The van der Waals surface area contributed by atoms with E-state index in [1.165, 1.54) is 36.2 Å². The van der Waals surface area contributed by atoms with E-state index in [4.69, 9.17) is 0 Å². The minimum absolute atomic E-state index is 0.907. The van der Waals surface area contributed by atoms with Gasteiger partial charge >= 0.3 is 0 Å². The van der Waals surface area contributed by atoms with Crippen molar-refractivity contribution in [3.8, 4) is 0 Å². The maximum absolute atomic E-state index is 3.30. The molecule has 0 atom stereocenters. The van der Waals surface area contributed by atoms with E-state index in [2.05, 4.69) is 35.6 Å². The maximum Gasteiger partial charge on any atom is 0.0396 e. The monoisotopic (exact) mass is 219 g/mol. The Morgan fingerprint density at radius 3 is 2.94 bits per heavy atom. The van der Waals surface area contributed by atoms with Crippen LogP contribution in [0, 0.1) is 0 Å². The summed E-state index contributed by atoms with van der Waals surface area (Å²) < 4.78 is 0. The van der Waals surface area contributed by atoms with Crippen LogP contribution < -0.4 is 10.3 Å². The molecule has 16 heavy (non-hydrogen) atoms. The first-order chi connectivity index (χ1) is 7.66. The third kappa shape index (κ3) is 2.54. The van der Waals surface area contributed by atoms with Crippen molar-refractivity contribution in [3.63, 3.8) is 0 Å². The van der Waals surface area contributed by atoms with E-state index >= 15 is 0 Å². The Labute approximate surface area is 98.0 Å². The first-order valence-electron chi connectivity index (χ1n) is 5.90. The number of hydrogen-bond donors (Lipinski definition) is 1. The summed E-state index contributed by atoms with van der Waals surface area (Å²) in [5, 5.41) is 1.99. The SMILES string of the molecule is CN(C)NCc1ccc2c(c1)CCCN2C. The van der Waals surface area contributed by atoms with Crippen molar-refractivity contribution in [3.05, 3.63) is 29.3 Å². The van der Waals surface area contributed by atoms with Crippen LogP contribution in [0.3, 0.4) is 0 Å². The molecule has 1 aliphatic heterocycles. The Balaban J connectivity index is 2.12. The molecule has 1 N–H and O–H groups in total. The van der Waals surface area contributed by atoms with Gasteiger partial charge in [-0.2, -0.15) is 0 Å². The molecule has 3 heteroatoms. The maximum atomic E-state index is 3.30. The van der Waals surface area contributed by atoms with Crippen molar-refractivity contribution in [2.75, 3.05) is 32.6 Å². The van der Waals surface area contributed by atoms with Crippen LogP contribution in [-0.2, 0) is 13.0 Å². The highest BCUT2D eigenvalue weighted by atomic mass is 15.5. The van der Waals surface area contributed by atoms with Crippen molar-refractivity contribution >= 4 is 5.69 Å². The molecule has 1 aromatic carbocycles. The van der Waals surface area contributed by atoms with Gasteiger partial charge in [0.2, 0.25) is 0 Å². The Morgan fingerprint density at radius 1 is 1.38 bits per heavy atom. The van der Waals surface area contributed by atoms with E-state index in [9.17, 15) is 0 Å². The van der Waals surface area contributed by atoms with E-state index in [0.29, 0.717) is 0 Å². The molecule has 0 radical (unpaired) electrons. The van der Waals surface area contributed by atoms with Crippen molar-refractivity contribution in [2.24, 2.45) is 0 Å². The molecule has 0 fully saturated rings. The van der Waals surface area contributed by atoms with Crippen LogP contribution >= 0.6 is 0 Å². The zero-order chi connectivity index (χ0) is 11.5. The zero-order valence-corrected chi connectivity index (χ0v) is 10.5. The van der Waals surface area contributed by atoms with Crippen molar-refractivity contribution < 1.29 is 0 Å². The molecule has 0 aliphatic carbocycles. The molecule has 0 amide bonds. The highest BCUT2D eigenvalue weighted by Crippen LogP contribution is 2.26. The number of nitrogens with one attached hydrogen (secondary N) is 1. The fraction of sp³-hybridized carbons (Fsp3) is 0.538. The molecule has 0 bridgehead atoms. The van der Waals surface area contributed by atoms with Crippen LogP contribution in [-0.4, -0.2) is 32.7 Å². The van der Waals surface area contributed by atoms with Gasteiger partial charge in [-0.15, -0.1) is 0 Å². The first-order valence-corrected chi connectivity index (χ1v) is 5.90. The van der Waals surface area contributed by atoms with Gasteiger partial charge in [0.05, 0.1) is 0 Å². The minimum atomic E-state index is 0.907. The van der Waals surface area contributed by atoms with Gasteiger partial charge < -0.3 is 4.90 Å². The molecule has 3 nitrogen and oxygen atoms in total. The number of rotatable bonds is 3. The highest BCUT2D eigenvalue weighted by Gasteiger charge is 2.13. The molecule has 1 heterocycles. The van der Waals surface area contributed by atoms with Crippen LogP contribution in [0.4, 0.5) is 5.69 Å². The topological polar surface area (TPSA) is 18.5 Å². The summed E-state index contributed by atoms with van der Waals surface area (Å²) in [6.45, 7) is 2.09. The van der Waals surface area contributed by atoms with Gasteiger partial charge in [-0.1, -0.05) is 12.1 Å². The average Bonchev–Trinajstić information content (AvgIpc) is 2.26. The Morgan fingerprint density at radius 2 is 2.19 bits per heavy atom. The molecule has 1 aromatic rings. The van der Waals surface area contributed by atoms with Crippen LogP contribution in [0.2, 0.25) is 0 Å². The molecular weight excluding hydrogens is 198 g/mol. The molecule has 0 unspecified atom stereocenters. The summed E-state index contributed by atoms with van der Waals surface area (Å²) in [6.07, 6.45) is 2.49. The minimum Gasteiger partial charge on any atom is -0.374 e. The third-order valence-electron chi connectivity index (χ3n) is 3.09. The van der Waals surface area contributed by atoms with Crippen molar-refractivity contribution in [1.82, 2.24) is 10.4 Å². The van der Waals surface area contributed by atoms with Gasteiger partial charge in [0.1, 0.15) is 0 Å². The zero-order valence-electron chi connectivity index (χ0n) is 10.5. The van der Waals surface area contributed by atoms with Crippen molar-refractivity contribution in [1.29, 1.82) is 0 Å². The normalized spacial score (nSPS) is 15.4. The lowest BCUT2D eigenvalue weighted by Crippen LogP contribution is -2.30. The number of fused-ring (bicyclic) bond motifs is 1. The van der Waals surface area contributed by atoms with Crippen LogP contribution in [0.25, 0.3) is 0 Å². The van der Waals surface area contributed by atoms with E-state index in [1.807, 2.05) is 19.1 Å². The second-order valence-electron chi connectivity index (χ2n) is 4.72. The lowest BCUT2D eigenvalue weighted by molar-refractivity contribution is 0.286. The fourth-order valence-electron chi connectivity index (χ4n) is 2.20. The number of hydrogen-bond acceptors (Lipinski definition) is 3. The summed E-state index contributed by atoms with van der Waals surface area (Å²) >= 11 is 0. The highest BCUT2D eigenvalue weighted by molar-refractivity contribution is 5.56. The molecule has 0 aromatic heterocycles. The fourth-order valence-corrected chi connectivity index (χ4v) is 2.20. The van der Waals surface area contributed by atoms with Crippen LogP contribution in [0.5, 0.6) is 0 Å². The molecule has 2 rings (SSSR count). The number of nitrogens with zero attached hydrogens (tertiary/aromatic N) is 2. The van der Waals surface area contributed by atoms with E-state index in [1.54, 1.807) is 0 Å². The lowest BCUT2D eigenvalue weighted by atomic mass is 10.00. The summed E-state index contributed by atoms with van der Waals surface area (Å²) in [5.41, 5.74) is 7.56. The Hall–Kier alpha value is -1.06. The smallest absolute Gasteiger partial charge is 0.0396 e. The van der Waals surface area contributed by atoms with Crippen molar-refractivity contribution in [2.45, 2.75) is 19.4 Å². The molecular formula is C13H21N3. The summed E-state index contributed by atoms with van der Waals surface area (Å²) in [4.78, 5) is 2.35. The molecule has 0 saturated heterocycles. The number of benzene rings is 1. The molecule has 0 saturated carbocycles. The summed E-state index contributed by atoms with van der Waals surface area (Å²) in [7, 11) is 6.22. The predicted octanol–water partition coefficient (Wildman–Crippen LogP) is 1.64. The number of hydrazine groups is 1. The summed E-state index contributed by atoms with van der Waals surface area (Å²) in [5.74, 6) is 0. The molecule has 88 valence electrons. The van der Waals surface area contributed by atoms with Gasteiger partial charge in [0.15, 0.2) is 0 Å². The standard InChI is InChI=1S/C13H21N3/c1-15(2)14-10-11-6-7-13-12(9-11)5-4-8-16(13)3/h6-7,9,14H,4-5,8,10H2,1-3H3. The van der Waals surface area contributed by atoms with E-state index < -0.39 is 0 Å².